The zero-order chi connectivity index (χ0) is 13.9. The van der Waals surface area contributed by atoms with Crippen molar-refractivity contribution in [3.8, 4) is 0 Å². The first kappa shape index (κ1) is 16.0. The molecule has 0 saturated carbocycles. The van der Waals surface area contributed by atoms with E-state index in [1.54, 1.807) is 6.26 Å². The van der Waals surface area contributed by atoms with E-state index in [4.69, 9.17) is 4.42 Å². The average molecular weight is 360 g/mol. The first-order valence-electron chi connectivity index (χ1n) is 6.44. The van der Waals surface area contributed by atoms with E-state index < -0.39 is 19.2 Å². The maximum atomic E-state index is 5.72. The van der Waals surface area contributed by atoms with Crippen molar-refractivity contribution in [2.75, 3.05) is 42.3 Å². The summed E-state index contributed by atoms with van der Waals surface area (Å²) >= 11 is -2.85. The molecule has 0 radical (unpaired) electrons. The van der Waals surface area contributed by atoms with Gasteiger partial charge in [0.2, 0.25) is 0 Å². The molecule has 0 aromatic carbocycles. The zero-order valence-corrected chi connectivity index (χ0v) is 15.6. The predicted octanol–water partition coefficient (Wildman–Crippen LogP) is 1.94. The first-order chi connectivity index (χ1) is 8.38. The molecule has 18 heavy (non-hydrogen) atoms. The van der Waals surface area contributed by atoms with E-state index in [9.17, 15) is 0 Å². The topological polar surface area (TPSA) is 22.9 Å². The van der Waals surface area contributed by atoms with Crippen molar-refractivity contribution in [1.82, 2.24) is 9.36 Å². The van der Waals surface area contributed by atoms with E-state index in [-0.39, 0.29) is 0 Å². The molecule has 1 atom stereocenters. The van der Waals surface area contributed by atoms with Crippen LogP contribution in [0.3, 0.4) is 0 Å². The summed E-state index contributed by atoms with van der Waals surface area (Å²) in [5.41, 5.74) is 0. The van der Waals surface area contributed by atoms with Crippen LogP contribution in [0.4, 0.5) is 0 Å². The van der Waals surface area contributed by atoms with Gasteiger partial charge in [0.1, 0.15) is 0 Å². The van der Waals surface area contributed by atoms with Gasteiger partial charge in [-0.2, -0.15) is 0 Å². The molecule has 5 heteroatoms. The number of nitrogens with zero attached hydrogens (tertiary/aromatic N) is 3. The molecule has 0 N–H and O–H groups in total. The Hall–Kier alpha value is -0.0413. The molecule has 0 amide bonds. The zero-order valence-electron chi connectivity index (χ0n) is 12.8. The second-order valence-corrected chi connectivity index (χ2v) is 18.9. The average Bonchev–Trinajstić information content (AvgIpc) is 2.76. The van der Waals surface area contributed by atoms with E-state index in [0.29, 0.717) is 3.93 Å². The van der Waals surface area contributed by atoms with E-state index in [1.807, 2.05) is 6.07 Å². The summed E-state index contributed by atoms with van der Waals surface area (Å²) < 4.78 is 13.6. The van der Waals surface area contributed by atoms with Crippen LogP contribution in [0.2, 0.25) is 0 Å². The summed E-state index contributed by atoms with van der Waals surface area (Å²) in [4.78, 5) is 0. The fraction of sp³-hybridized carbons (Fsp3) is 0.692. The molecule has 0 spiro atoms. The van der Waals surface area contributed by atoms with Crippen LogP contribution < -0.4 is 0 Å². The van der Waals surface area contributed by atoms with Gasteiger partial charge in [-0.15, -0.1) is 0 Å². The molecule has 0 fully saturated rings. The van der Waals surface area contributed by atoms with E-state index in [0.717, 1.165) is 12.2 Å². The Morgan fingerprint density at radius 2 is 1.56 bits per heavy atom. The third-order valence-corrected chi connectivity index (χ3v) is 19.7. The van der Waals surface area contributed by atoms with Crippen molar-refractivity contribution < 1.29 is 4.42 Å². The minimum absolute atomic E-state index is 0.495. The predicted molar refractivity (Wildman–Crippen MR) is 78.6 cm³/mol. The number of hydrogen-bond acceptors (Lipinski definition) is 4. The molecule has 0 aliphatic rings. The maximum absolute atomic E-state index is 5.72. The normalized spacial score (nSPS) is 14.8. The Morgan fingerprint density at radius 1 is 1.06 bits per heavy atom. The summed E-state index contributed by atoms with van der Waals surface area (Å²) in [5.74, 6) is 1.13. The van der Waals surface area contributed by atoms with Crippen LogP contribution in [0.1, 0.15) is 23.0 Å². The van der Waals surface area contributed by atoms with Crippen LogP contribution in [0.15, 0.2) is 22.8 Å². The molecule has 1 unspecified atom stereocenters. The van der Waals surface area contributed by atoms with Crippen LogP contribution >= 0.6 is 0 Å². The Labute approximate surface area is 116 Å². The fourth-order valence-electron chi connectivity index (χ4n) is 3.29. The number of hydrogen-bond donors (Lipinski definition) is 0. The molecule has 1 aromatic rings. The van der Waals surface area contributed by atoms with Crippen LogP contribution in [0, 0.1) is 0 Å². The Kier molecular flexibility index (Phi) is 5.70. The molecular formula is C13H27N3OSn. The summed E-state index contributed by atoms with van der Waals surface area (Å²) in [7, 11) is 13.3. The van der Waals surface area contributed by atoms with Crippen molar-refractivity contribution >= 4 is 19.2 Å². The van der Waals surface area contributed by atoms with Gasteiger partial charge in [-0.05, 0) is 0 Å². The van der Waals surface area contributed by atoms with Gasteiger partial charge in [0.25, 0.3) is 0 Å². The van der Waals surface area contributed by atoms with E-state index >= 15 is 0 Å². The third-order valence-electron chi connectivity index (χ3n) is 3.74. The molecule has 1 rings (SSSR count). The summed E-state index contributed by atoms with van der Waals surface area (Å²) in [6, 6.07) is 4.12. The molecular weight excluding hydrogens is 333 g/mol. The molecule has 1 aromatic heterocycles. The molecule has 0 saturated heterocycles. The molecule has 0 aliphatic carbocycles. The van der Waals surface area contributed by atoms with Gasteiger partial charge >= 0.3 is 117 Å². The van der Waals surface area contributed by atoms with Crippen molar-refractivity contribution in [3.05, 3.63) is 24.2 Å². The molecule has 0 bridgehead atoms. The number of rotatable bonds is 6. The van der Waals surface area contributed by atoms with Gasteiger partial charge in [-0.3, -0.25) is 0 Å². The van der Waals surface area contributed by atoms with E-state index in [1.165, 1.54) is 0 Å². The summed E-state index contributed by atoms with van der Waals surface area (Å²) in [6.45, 7) is 2.26. The minimum atomic E-state index is -2.85. The Balaban J connectivity index is 3.31. The van der Waals surface area contributed by atoms with Crippen molar-refractivity contribution in [2.45, 2.75) is 17.3 Å². The molecule has 4 nitrogen and oxygen atoms in total. The van der Waals surface area contributed by atoms with Crippen LogP contribution in [-0.2, 0) is 0 Å². The number of furan rings is 1. The second kappa shape index (κ2) is 6.41. The van der Waals surface area contributed by atoms with Crippen molar-refractivity contribution in [1.29, 1.82) is 0 Å². The Bertz CT molecular complexity index is 327. The second-order valence-electron chi connectivity index (χ2n) is 5.35. The molecule has 104 valence electrons. The fourth-order valence-corrected chi connectivity index (χ4v) is 18.6. The first-order valence-corrected chi connectivity index (χ1v) is 11.9. The third kappa shape index (κ3) is 2.61. The van der Waals surface area contributed by atoms with Crippen LogP contribution in [-0.4, -0.2) is 70.8 Å². The van der Waals surface area contributed by atoms with Gasteiger partial charge in [0.05, 0.1) is 0 Å². The van der Waals surface area contributed by atoms with Gasteiger partial charge in [0.15, 0.2) is 0 Å². The van der Waals surface area contributed by atoms with Crippen molar-refractivity contribution in [3.63, 3.8) is 0 Å². The van der Waals surface area contributed by atoms with Gasteiger partial charge < -0.3 is 0 Å². The van der Waals surface area contributed by atoms with Crippen LogP contribution in [0.5, 0.6) is 0 Å². The SMILES string of the molecule is CC[CH](c1ccco1)[Sn]([N](C)C)([N](C)C)[N](C)C. The quantitative estimate of drug-likeness (QED) is 0.724. The van der Waals surface area contributed by atoms with Crippen molar-refractivity contribution in [2.24, 2.45) is 0 Å². The van der Waals surface area contributed by atoms with Crippen LogP contribution in [0.25, 0.3) is 0 Å². The van der Waals surface area contributed by atoms with Gasteiger partial charge in [0, 0.05) is 0 Å². The van der Waals surface area contributed by atoms with Gasteiger partial charge in [-0.25, -0.2) is 0 Å². The Morgan fingerprint density at radius 3 is 1.83 bits per heavy atom. The summed E-state index contributed by atoms with van der Waals surface area (Å²) in [6.07, 6.45) is 2.90. The molecule has 0 aliphatic heterocycles. The van der Waals surface area contributed by atoms with Gasteiger partial charge in [-0.1, -0.05) is 0 Å². The van der Waals surface area contributed by atoms with E-state index in [2.05, 4.69) is 64.6 Å². The standard InChI is InChI=1S/C7H9O.3C2H6N.Sn/c1-2-4-7-5-3-6-8-7;3*1-3-2;/h3-6H,2H2,1H3;3*1-2H3;/q;3*-1;+3. The molecule has 1 heterocycles. The monoisotopic (exact) mass is 361 g/mol. The summed E-state index contributed by atoms with van der Waals surface area (Å²) in [5, 5.41) is 0.